The Kier molecular flexibility index (Phi) is 7.79. The molecule has 0 aliphatic rings. The summed E-state index contributed by atoms with van der Waals surface area (Å²) in [6, 6.07) is 0. The number of halogens is 3. The first-order valence-corrected chi connectivity index (χ1v) is 6.20. The fourth-order valence-electron chi connectivity index (χ4n) is 1.44. The summed E-state index contributed by atoms with van der Waals surface area (Å²) in [5, 5.41) is 3.13. The molecular weight excluding hydrogens is 231 g/mol. The van der Waals surface area contributed by atoms with E-state index in [1.54, 1.807) is 0 Å². The van der Waals surface area contributed by atoms with Crippen LogP contribution in [0.2, 0.25) is 0 Å². The van der Waals surface area contributed by atoms with Crippen LogP contribution in [0, 0.1) is 5.92 Å². The molecule has 0 aromatic carbocycles. The minimum atomic E-state index is -4.27. The van der Waals surface area contributed by atoms with Gasteiger partial charge in [0, 0.05) is 6.54 Å². The van der Waals surface area contributed by atoms with E-state index in [0.29, 0.717) is 18.9 Å². The zero-order valence-electron chi connectivity index (χ0n) is 11.1. The normalized spacial score (nSPS) is 16.2. The molecule has 104 valence electrons. The molecule has 0 saturated carbocycles. The number of rotatable bonds is 8. The third-order valence-electron chi connectivity index (χ3n) is 2.39. The van der Waals surface area contributed by atoms with Crippen molar-refractivity contribution < 1.29 is 17.9 Å². The summed E-state index contributed by atoms with van der Waals surface area (Å²) in [4.78, 5) is 0. The molecule has 5 heteroatoms. The van der Waals surface area contributed by atoms with E-state index in [1.807, 2.05) is 6.92 Å². The van der Waals surface area contributed by atoms with Gasteiger partial charge in [-0.3, -0.25) is 0 Å². The predicted molar refractivity (Wildman–Crippen MR) is 63.0 cm³/mol. The first-order chi connectivity index (χ1) is 7.77. The van der Waals surface area contributed by atoms with Gasteiger partial charge >= 0.3 is 6.18 Å². The molecular formula is C12H24F3NO. The molecule has 17 heavy (non-hydrogen) atoms. The van der Waals surface area contributed by atoms with Gasteiger partial charge in [-0.1, -0.05) is 27.2 Å². The molecule has 0 aromatic rings. The van der Waals surface area contributed by atoms with Crippen LogP contribution in [0.5, 0.6) is 0 Å². The Hall–Kier alpha value is -0.290. The van der Waals surface area contributed by atoms with Gasteiger partial charge in [-0.2, -0.15) is 13.2 Å². The highest BCUT2D eigenvalue weighted by Gasteiger charge is 2.38. The minimum Gasteiger partial charge on any atom is -0.365 e. The SMILES string of the molecule is CCCC(CNCC(C)C)OC(C)C(F)(F)F. The van der Waals surface area contributed by atoms with E-state index >= 15 is 0 Å². The van der Waals surface area contributed by atoms with E-state index in [1.165, 1.54) is 0 Å². The number of nitrogens with one attached hydrogen (secondary N) is 1. The standard InChI is InChI=1S/C12H24F3NO/c1-5-6-11(8-16-7-9(2)3)17-10(4)12(13,14)15/h9-11,16H,5-8H2,1-4H3. The molecule has 0 aliphatic heterocycles. The van der Waals surface area contributed by atoms with Gasteiger partial charge in [0.05, 0.1) is 6.10 Å². The third kappa shape index (κ3) is 8.44. The van der Waals surface area contributed by atoms with Crippen LogP contribution in [0.25, 0.3) is 0 Å². The highest BCUT2D eigenvalue weighted by atomic mass is 19.4. The van der Waals surface area contributed by atoms with Crippen molar-refractivity contribution in [2.24, 2.45) is 5.92 Å². The van der Waals surface area contributed by atoms with Crippen molar-refractivity contribution in [1.82, 2.24) is 5.32 Å². The van der Waals surface area contributed by atoms with Gasteiger partial charge in [0.25, 0.3) is 0 Å². The zero-order valence-corrected chi connectivity index (χ0v) is 11.1. The summed E-state index contributed by atoms with van der Waals surface area (Å²) in [6.45, 7) is 8.39. The largest absolute Gasteiger partial charge is 0.414 e. The molecule has 0 fully saturated rings. The van der Waals surface area contributed by atoms with Crippen molar-refractivity contribution in [3.8, 4) is 0 Å². The molecule has 0 aromatic heterocycles. The second-order valence-electron chi connectivity index (χ2n) is 4.78. The third-order valence-corrected chi connectivity index (χ3v) is 2.39. The smallest absolute Gasteiger partial charge is 0.365 e. The maximum atomic E-state index is 12.4. The van der Waals surface area contributed by atoms with Crippen molar-refractivity contribution in [3.63, 3.8) is 0 Å². The fourth-order valence-corrected chi connectivity index (χ4v) is 1.44. The van der Waals surface area contributed by atoms with Crippen LogP contribution in [0.1, 0.15) is 40.5 Å². The summed E-state index contributed by atoms with van der Waals surface area (Å²) in [7, 11) is 0. The summed E-state index contributed by atoms with van der Waals surface area (Å²) in [5.74, 6) is 0.484. The van der Waals surface area contributed by atoms with Gasteiger partial charge in [-0.15, -0.1) is 0 Å². The fraction of sp³-hybridized carbons (Fsp3) is 1.00. The molecule has 0 bridgehead atoms. The second kappa shape index (κ2) is 7.93. The maximum absolute atomic E-state index is 12.4. The Bertz CT molecular complexity index is 195. The van der Waals surface area contributed by atoms with Gasteiger partial charge in [-0.05, 0) is 25.8 Å². The van der Waals surface area contributed by atoms with Crippen LogP contribution in [0.4, 0.5) is 13.2 Å². The van der Waals surface area contributed by atoms with E-state index in [2.05, 4.69) is 19.2 Å². The minimum absolute atomic E-state index is 0.365. The van der Waals surface area contributed by atoms with E-state index in [4.69, 9.17) is 4.74 Å². The number of hydrogen-bond donors (Lipinski definition) is 1. The van der Waals surface area contributed by atoms with Gasteiger partial charge < -0.3 is 10.1 Å². The van der Waals surface area contributed by atoms with Crippen LogP contribution < -0.4 is 5.32 Å². The lowest BCUT2D eigenvalue weighted by Gasteiger charge is -2.24. The van der Waals surface area contributed by atoms with E-state index in [0.717, 1.165) is 19.9 Å². The predicted octanol–water partition coefficient (Wildman–Crippen LogP) is 3.37. The van der Waals surface area contributed by atoms with Crippen LogP contribution in [0.15, 0.2) is 0 Å². The lowest BCUT2D eigenvalue weighted by molar-refractivity contribution is -0.226. The molecule has 2 nitrogen and oxygen atoms in total. The topological polar surface area (TPSA) is 21.3 Å². The first-order valence-electron chi connectivity index (χ1n) is 6.20. The molecule has 0 amide bonds. The Balaban J connectivity index is 4.05. The van der Waals surface area contributed by atoms with Crippen molar-refractivity contribution >= 4 is 0 Å². The Morgan fingerprint density at radius 2 is 1.71 bits per heavy atom. The first kappa shape index (κ1) is 16.7. The van der Waals surface area contributed by atoms with Crippen LogP contribution >= 0.6 is 0 Å². The zero-order chi connectivity index (χ0) is 13.5. The van der Waals surface area contributed by atoms with Crippen molar-refractivity contribution in [2.45, 2.75) is 58.9 Å². The molecule has 0 heterocycles. The second-order valence-corrected chi connectivity index (χ2v) is 4.78. The molecule has 0 spiro atoms. The number of ether oxygens (including phenoxy) is 1. The van der Waals surface area contributed by atoms with Crippen molar-refractivity contribution in [2.75, 3.05) is 13.1 Å². The summed E-state index contributed by atoms with van der Waals surface area (Å²) in [5.41, 5.74) is 0. The maximum Gasteiger partial charge on any atom is 0.414 e. The molecule has 0 rings (SSSR count). The van der Waals surface area contributed by atoms with E-state index in [-0.39, 0.29) is 6.10 Å². The van der Waals surface area contributed by atoms with Crippen LogP contribution in [-0.4, -0.2) is 31.5 Å². The molecule has 0 aliphatic carbocycles. The van der Waals surface area contributed by atoms with Gasteiger partial charge in [0.1, 0.15) is 0 Å². The van der Waals surface area contributed by atoms with Gasteiger partial charge in [-0.25, -0.2) is 0 Å². The quantitative estimate of drug-likeness (QED) is 0.718. The number of alkyl halides is 3. The summed E-state index contributed by atoms with van der Waals surface area (Å²) in [6.07, 6.45) is -4.87. The average Bonchev–Trinajstić information content (AvgIpc) is 2.15. The van der Waals surface area contributed by atoms with E-state index in [9.17, 15) is 13.2 Å². The van der Waals surface area contributed by atoms with E-state index < -0.39 is 12.3 Å². The summed E-state index contributed by atoms with van der Waals surface area (Å²) < 4.78 is 42.1. The summed E-state index contributed by atoms with van der Waals surface area (Å²) >= 11 is 0. The highest BCUT2D eigenvalue weighted by molar-refractivity contribution is 4.68. The van der Waals surface area contributed by atoms with Crippen LogP contribution in [-0.2, 0) is 4.74 Å². The lowest BCUT2D eigenvalue weighted by Crippen LogP contribution is -2.38. The lowest BCUT2D eigenvalue weighted by atomic mass is 10.2. The van der Waals surface area contributed by atoms with Crippen LogP contribution in [0.3, 0.4) is 0 Å². The number of hydrogen-bond acceptors (Lipinski definition) is 2. The molecule has 0 saturated heterocycles. The Labute approximate surface area is 102 Å². The molecule has 1 N–H and O–H groups in total. The van der Waals surface area contributed by atoms with Crippen molar-refractivity contribution in [1.29, 1.82) is 0 Å². The molecule has 0 radical (unpaired) electrons. The van der Waals surface area contributed by atoms with Gasteiger partial charge in [0.2, 0.25) is 0 Å². The van der Waals surface area contributed by atoms with Crippen molar-refractivity contribution in [3.05, 3.63) is 0 Å². The molecule has 2 unspecified atom stereocenters. The monoisotopic (exact) mass is 255 g/mol. The Morgan fingerprint density at radius 1 is 1.12 bits per heavy atom. The Morgan fingerprint density at radius 3 is 2.12 bits per heavy atom. The molecule has 2 atom stereocenters. The average molecular weight is 255 g/mol. The van der Waals surface area contributed by atoms with Gasteiger partial charge in [0.15, 0.2) is 6.10 Å². The highest BCUT2D eigenvalue weighted by Crippen LogP contribution is 2.24.